The van der Waals surface area contributed by atoms with Crippen LogP contribution in [0.5, 0.6) is 0 Å². The first-order chi connectivity index (χ1) is 12.7. The molecule has 0 aliphatic carbocycles. The van der Waals surface area contributed by atoms with Crippen molar-refractivity contribution >= 4 is 0 Å². The van der Waals surface area contributed by atoms with Gasteiger partial charge in [0.15, 0.2) is 0 Å². The van der Waals surface area contributed by atoms with Gasteiger partial charge in [0.1, 0.15) is 0 Å². The van der Waals surface area contributed by atoms with Crippen molar-refractivity contribution in [2.75, 3.05) is 0 Å². The molecule has 0 saturated carbocycles. The van der Waals surface area contributed by atoms with Crippen LogP contribution in [0.1, 0.15) is 63.8 Å². The standard InChI is InChI=1S/C27H32/c1-25(2,21-15-9-7-10-16-21)23-19-13-14-20-24(23)27(5,6)26(3,4)22-17-11-8-12-18-22/h7-20H,1-6H3. The van der Waals surface area contributed by atoms with E-state index in [4.69, 9.17) is 0 Å². The summed E-state index contributed by atoms with van der Waals surface area (Å²) in [4.78, 5) is 0. The van der Waals surface area contributed by atoms with Gasteiger partial charge in [-0.25, -0.2) is 0 Å². The molecule has 0 fully saturated rings. The number of hydrogen-bond donors (Lipinski definition) is 0. The molecule has 0 aromatic heterocycles. The fourth-order valence-corrected chi connectivity index (χ4v) is 4.14. The summed E-state index contributed by atoms with van der Waals surface area (Å²) >= 11 is 0. The average Bonchev–Trinajstić information content (AvgIpc) is 2.69. The Morgan fingerprint density at radius 2 is 0.815 bits per heavy atom. The molecule has 0 aliphatic rings. The Bertz CT molecular complexity index is 884. The summed E-state index contributed by atoms with van der Waals surface area (Å²) in [5.41, 5.74) is 5.47. The van der Waals surface area contributed by atoms with Crippen molar-refractivity contribution in [1.82, 2.24) is 0 Å². The Balaban J connectivity index is 2.16. The number of hydrogen-bond acceptors (Lipinski definition) is 0. The van der Waals surface area contributed by atoms with Crippen molar-refractivity contribution in [3.63, 3.8) is 0 Å². The van der Waals surface area contributed by atoms with E-state index in [-0.39, 0.29) is 16.2 Å². The maximum absolute atomic E-state index is 2.39. The first-order valence-corrected chi connectivity index (χ1v) is 9.90. The molecule has 27 heavy (non-hydrogen) atoms. The highest BCUT2D eigenvalue weighted by atomic mass is 14.5. The van der Waals surface area contributed by atoms with Crippen molar-refractivity contribution < 1.29 is 0 Å². The van der Waals surface area contributed by atoms with Crippen LogP contribution in [0.3, 0.4) is 0 Å². The molecule has 0 nitrogen and oxygen atoms in total. The lowest BCUT2D eigenvalue weighted by atomic mass is 9.58. The summed E-state index contributed by atoms with van der Waals surface area (Å²) in [5, 5.41) is 0. The van der Waals surface area contributed by atoms with E-state index in [9.17, 15) is 0 Å². The number of benzene rings is 3. The van der Waals surface area contributed by atoms with Crippen LogP contribution in [-0.2, 0) is 16.2 Å². The minimum absolute atomic E-state index is 0.00285. The summed E-state index contributed by atoms with van der Waals surface area (Å²) in [6.45, 7) is 14.2. The van der Waals surface area contributed by atoms with Crippen LogP contribution in [0.4, 0.5) is 0 Å². The molecule has 3 rings (SSSR count). The minimum atomic E-state index is -0.0537. The molecule has 0 atom stereocenters. The molecule has 0 amide bonds. The summed E-state index contributed by atoms with van der Waals surface area (Å²) in [6, 6.07) is 30.7. The van der Waals surface area contributed by atoms with Crippen LogP contribution in [0, 0.1) is 0 Å². The zero-order chi connectivity index (χ0) is 19.7. The highest BCUT2D eigenvalue weighted by Gasteiger charge is 2.42. The Morgan fingerprint density at radius 1 is 0.407 bits per heavy atom. The maximum atomic E-state index is 2.39. The van der Waals surface area contributed by atoms with Gasteiger partial charge in [-0.3, -0.25) is 0 Å². The predicted molar refractivity (Wildman–Crippen MR) is 118 cm³/mol. The third-order valence-corrected chi connectivity index (χ3v) is 6.83. The fraction of sp³-hybridized carbons (Fsp3) is 0.333. The van der Waals surface area contributed by atoms with E-state index in [1.54, 1.807) is 0 Å². The van der Waals surface area contributed by atoms with Gasteiger partial charge < -0.3 is 0 Å². The van der Waals surface area contributed by atoms with E-state index < -0.39 is 0 Å². The van der Waals surface area contributed by atoms with Crippen LogP contribution in [0.2, 0.25) is 0 Å². The Labute approximate surface area is 165 Å². The van der Waals surface area contributed by atoms with Crippen molar-refractivity contribution in [3.8, 4) is 0 Å². The van der Waals surface area contributed by atoms with E-state index >= 15 is 0 Å². The second-order valence-electron chi connectivity index (χ2n) is 9.15. The Kier molecular flexibility index (Phi) is 5.04. The SMILES string of the molecule is CC(C)(c1ccccc1)c1ccccc1C(C)(C)C(C)(C)c1ccccc1. The second-order valence-corrected chi connectivity index (χ2v) is 9.15. The van der Waals surface area contributed by atoms with Gasteiger partial charge in [-0.2, -0.15) is 0 Å². The third-order valence-electron chi connectivity index (χ3n) is 6.83. The van der Waals surface area contributed by atoms with Gasteiger partial charge in [0.2, 0.25) is 0 Å². The molecule has 0 saturated heterocycles. The van der Waals surface area contributed by atoms with Crippen LogP contribution in [0.15, 0.2) is 84.9 Å². The van der Waals surface area contributed by atoms with Crippen molar-refractivity contribution in [2.45, 2.75) is 57.8 Å². The van der Waals surface area contributed by atoms with Crippen LogP contribution >= 0.6 is 0 Å². The molecular formula is C27H32. The first kappa shape index (κ1) is 19.4. The van der Waals surface area contributed by atoms with Gasteiger partial charge in [-0.15, -0.1) is 0 Å². The molecule has 0 unspecified atom stereocenters. The third kappa shape index (κ3) is 3.34. The van der Waals surface area contributed by atoms with Gasteiger partial charge >= 0.3 is 0 Å². The smallest absolute Gasteiger partial charge is 0.0149 e. The fourth-order valence-electron chi connectivity index (χ4n) is 4.14. The lowest BCUT2D eigenvalue weighted by Crippen LogP contribution is -2.42. The Hall–Kier alpha value is -2.34. The van der Waals surface area contributed by atoms with E-state index in [0.29, 0.717) is 0 Å². The highest BCUT2D eigenvalue weighted by molar-refractivity contribution is 5.48. The lowest BCUT2D eigenvalue weighted by Gasteiger charge is -2.45. The molecule has 3 aromatic carbocycles. The van der Waals surface area contributed by atoms with Gasteiger partial charge in [-0.1, -0.05) is 126 Å². The lowest BCUT2D eigenvalue weighted by molar-refractivity contribution is 0.298. The van der Waals surface area contributed by atoms with Gasteiger partial charge in [0.25, 0.3) is 0 Å². The molecule has 0 radical (unpaired) electrons. The van der Waals surface area contributed by atoms with Crippen molar-refractivity contribution in [2.24, 2.45) is 0 Å². The molecule has 0 heteroatoms. The Morgan fingerprint density at radius 3 is 1.33 bits per heavy atom. The summed E-state index contributed by atoms with van der Waals surface area (Å²) in [5.74, 6) is 0. The van der Waals surface area contributed by atoms with Crippen molar-refractivity contribution in [3.05, 3.63) is 107 Å². The largest absolute Gasteiger partial charge is 0.0622 e. The molecule has 0 spiro atoms. The molecule has 0 aliphatic heterocycles. The van der Waals surface area contributed by atoms with Gasteiger partial charge in [0, 0.05) is 5.41 Å². The molecule has 3 aromatic rings. The predicted octanol–water partition coefficient (Wildman–Crippen LogP) is 7.27. The summed E-state index contributed by atoms with van der Waals surface area (Å²) in [7, 11) is 0. The second kappa shape index (κ2) is 7.00. The first-order valence-electron chi connectivity index (χ1n) is 9.90. The monoisotopic (exact) mass is 356 g/mol. The van der Waals surface area contributed by atoms with E-state index in [1.807, 2.05) is 0 Å². The van der Waals surface area contributed by atoms with Gasteiger partial charge in [-0.05, 0) is 33.1 Å². The van der Waals surface area contributed by atoms with E-state index in [1.165, 1.54) is 22.3 Å². The minimum Gasteiger partial charge on any atom is -0.0622 e. The van der Waals surface area contributed by atoms with Gasteiger partial charge in [0.05, 0.1) is 0 Å². The molecule has 0 heterocycles. The van der Waals surface area contributed by atoms with E-state index in [2.05, 4.69) is 126 Å². The quantitative estimate of drug-likeness (QED) is 0.451. The average molecular weight is 357 g/mol. The normalized spacial score (nSPS) is 12.8. The highest BCUT2D eigenvalue weighted by Crippen LogP contribution is 2.47. The van der Waals surface area contributed by atoms with Crippen LogP contribution in [-0.4, -0.2) is 0 Å². The molecule has 140 valence electrons. The summed E-state index contributed by atoms with van der Waals surface area (Å²) < 4.78 is 0. The molecule has 0 N–H and O–H groups in total. The topological polar surface area (TPSA) is 0 Å². The van der Waals surface area contributed by atoms with E-state index in [0.717, 1.165) is 0 Å². The van der Waals surface area contributed by atoms with Crippen LogP contribution in [0.25, 0.3) is 0 Å². The zero-order valence-corrected chi connectivity index (χ0v) is 17.6. The zero-order valence-electron chi connectivity index (χ0n) is 17.6. The number of rotatable bonds is 5. The maximum Gasteiger partial charge on any atom is 0.0149 e. The van der Waals surface area contributed by atoms with Crippen LogP contribution < -0.4 is 0 Å². The molecular weight excluding hydrogens is 324 g/mol. The van der Waals surface area contributed by atoms with Crippen molar-refractivity contribution in [1.29, 1.82) is 0 Å². The molecule has 0 bridgehead atoms. The summed E-state index contributed by atoms with van der Waals surface area (Å²) in [6.07, 6.45) is 0.